The number of fused-ring (bicyclic) bond motifs is 1. The molecule has 266 valence electrons. The topological polar surface area (TPSA) is 158 Å². The van der Waals surface area contributed by atoms with E-state index in [9.17, 15) is 24.5 Å². The maximum Gasteiger partial charge on any atom is 0.343 e. The van der Waals surface area contributed by atoms with Crippen LogP contribution in [0.25, 0.3) is 6.08 Å². The molecular formula is C35H31BrIN3O10S. The summed E-state index contributed by atoms with van der Waals surface area (Å²) in [6.07, 6.45) is 1.71. The summed E-state index contributed by atoms with van der Waals surface area (Å²) in [5, 5.41) is 11.1. The Morgan fingerprint density at radius 2 is 1.80 bits per heavy atom. The van der Waals surface area contributed by atoms with Gasteiger partial charge in [0, 0.05) is 22.2 Å². The van der Waals surface area contributed by atoms with Crippen LogP contribution in [0.5, 0.6) is 17.2 Å². The van der Waals surface area contributed by atoms with Crippen LogP contribution in [0.4, 0.5) is 5.69 Å². The molecule has 0 saturated heterocycles. The summed E-state index contributed by atoms with van der Waals surface area (Å²) in [7, 11) is 1.26. The Labute approximate surface area is 317 Å². The summed E-state index contributed by atoms with van der Waals surface area (Å²) in [5.74, 6) is -0.103. The number of rotatable bonds is 13. The molecule has 1 atom stereocenters. The van der Waals surface area contributed by atoms with Gasteiger partial charge in [-0.25, -0.2) is 14.6 Å². The third-order valence-corrected chi connectivity index (χ3v) is 9.77. The summed E-state index contributed by atoms with van der Waals surface area (Å²) < 4.78 is 31.1. The molecule has 0 radical (unpaired) electrons. The van der Waals surface area contributed by atoms with E-state index in [1.54, 1.807) is 57.2 Å². The van der Waals surface area contributed by atoms with Gasteiger partial charge in [-0.3, -0.25) is 19.5 Å². The van der Waals surface area contributed by atoms with Crippen molar-refractivity contribution in [3.63, 3.8) is 0 Å². The van der Waals surface area contributed by atoms with Crippen molar-refractivity contribution in [3.8, 4) is 17.2 Å². The van der Waals surface area contributed by atoms with E-state index in [-0.39, 0.29) is 43.4 Å². The predicted molar refractivity (Wildman–Crippen MR) is 200 cm³/mol. The van der Waals surface area contributed by atoms with Crippen molar-refractivity contribution in [2.75, 3.05) is 26.9 Å². The Bertz CT molecular complexity index is 2220. The predicted octanol–water partition coefficient (Wildman–Crippen LogP) is 5.60. The van der Waals surface area contributed by atoms with Crippen molar-refractivity contribution in [2.45, 2.75) is 33.4 Å². The van der Waals surface area contributed by atoms with Crippen molar-refractivity contribution in [1.82, 2.24) is 4.57 Å². The van der Waals surface area contributed by atoms with Gasteiger partial charge in [-0.05, 0) is 97.0 Å². The number of hydrogen-bond acceptors (Lipinski definition) is 12. The summed E-state index contributed by atoms with van der Waals surface area (Å²) in [6, 6.07) is 13.8. The number of allylic oxidation sites excluding steroid dienone is 1. The summed E-state index contributed by atoms with van der Waals surface area (Å²) >= 11 is 6.84. The van der Waals surface area contributed by atoms with E-state index in [1.165, 1.54) is 23.8 Å². The van der Waals surface area contributed by atoms with Crippen LogP contribution in [-0.4, -0.2) is 48.4 Å². The fourth-order valence-corrected chi connectivity index (χ4v) is 7.98. The number of ether oxygens (including phenoxy) is 5. The molecule has 4 aromatic rings. The fraction of sp³-hybridized carbons (Fsp3) is 0.257. The SMILES string of the molecule is CCOC(=O)C1=C(C)N=c2s/c(=C/c3cc(Br)cc(I)c3OCc3ccc([N+](=O)[O-])cc3)c(=O)n2[C@@H]1c1ccc(OCC(=O)OC)c(OCC)c1. The Balaban J connectivity index is 1.62. The molecule has 0 bridgehead atoms. The number of esters is 2. The summed E-state index contributed by atoms with van der Waals surface area (Å²) in [6.45, 7) is 5.35. The van der Waals surface area contributed by atoms with Crippen LogP contribution >= 0.6 is 49.9 Å². The number of nitrogens with zero attached hydrogens (tertiary/aromatic N) is 3. The number of thiazole rings is 1. The molecule has 0 N–H and O–H groups in total. The average molecular weight is 893 g/mol. The van der Waals surface area contributed by atoms with Gasteiger partial charge in [0.2, 0.25) is 0 Å². The highest BCUT2D eigenvalue weighted by atomic mass is 127. The van der Waals surface area contributed by atoms with Gasteiger partial charge in [-0.1, -0.05) is 33.3 Å². The summed E-state index contributed by atoms with van der Waals surface area (Å²) in [4.78, 5) is 55.2. The van der Waals surface area contributed by atoms with E-state index in [2.05, 4.69) is 48.3 Å². The second-order valence-corrected chi connectivity index (χ2v) is 13.9. The Morgan fingerprint density at radius 1 is 1.06 bits per heavy atom. The van der Waals surface area contributed by atoms with Crippen LogP contribution in [-0.2, 0) is 25.7 Å². The van der Waals surface area contributed by atoms with E-state index >= 15 is 0 Å². The number of nitro groups is 1. The van der Waals surface area contributed by atoms with Crippen molar-refractivity contribution in [3.05, 3.63) is 120 Å². The zero-order valence-electron chi connectivity index (χ0n) is 27.8. The van der Waals surface area contributed by atoms with Crippen LogP contribution in [0.3, 0.4) is 0 Å². The standard InChI is InChI=1S/C35H31BrIN3O10S/c1-5-47-27-14-21(9-12-26(27)49-18-29(41)46-4)31-30(34(43)48-6-2)19(3)38-35-39(31)33(42)28(51-35)15-22-13-23(36)16-25(37)32(22)50-17-20-7-10-24(11-8-20)40(44)45/h7-16,31H,5-6,17-18H2,1-4H3/b28-15+/t31-/m1/s1. The molecule has 1 aliphatic rings. The van der Waals surface area contributed by atoms with Crippen LogP contribution in [0.15, 0.2) is 80.1 Å². The first-order valence-electron chi connectivity index (χ1n) is 15.5. The molecule has 2 heterocycles. The van der Waals surface area contributed by atoms with E-state index in [4.69, 9.17) is 18.9 Å². The first kappa shape index (κ1) is 37.7. The van der Waals surface area contributed by atoms with Crippen LogP contribution in [0.2, 0.25) is 0 Å². The molecular weight excluding hydrogens is 861 g/mol. The van der Waals surface area contributed by atoms with Gasteiger partial charge < -0.3 is 23.7 Å². The van der Waals surface area contributed by atoms with Gasteiger partial charge in [0.15, 0.2) is 22.9 Å². The molecule has 0 aliphatic carbocycles. The van der Waals surface area contributed by atoms with Gasteiger partial charge in [0.1, 0.15) is 12.4 Å². The largest absolute Gasteiger partial charge is 0.490 e. The molecule has 0 amide bonds. The lowest BCUT2D eigenvalue weighted by Gasteiger charge is -2.25. The van der Waals surface area contributed by atoms with Gasteiger partial charge in [-0.2, -0.15) is 0 Å². The Kier molecular flexibility index (Phi) is 12.3. The number of hydrogen-bond donors (Lipinski definition) is 0. The Morgan fingerprint density at radius 3 is 2.47 bits per heavy atom. The molecule has 1 aliphatic heterocycles. The van der Waals surface area contributed by atoms with E-state index in [0.717, 1.165) is 24.9 Å². The highest BCUT2D eigenvalue weighted by Gasteiger charge is 2.34. The van der Waals surface area contributed by atoms with Crippen LogP contribution in [0, 0.1) is 13.7 Å². The number of nitro benzene ring substituents is 1. The van der Waals surface area contributed by atoms with E-state index in [0.29, 0.717) is 37.7 Å². The number of carbonyl (C=O) groups is 2. The lowest BCUT2D eigenvalue weighted by molar-refractivity contribution is -0.384. The zero-order valence-corrected chi connectivity index (χ0v) is 32.3. The van der Waals surface area contributed by atoms with Gasteiger partial charge in [0.05, 0.1) is 50.7 Å². The zero-order chi connectivity index (χ0) is 36.8. The molecule has 5 rings (SSSR count). The molecule has 13 nitrogen and oxygen atoms in total. The number of halogens is 2. The molecule has 0 spiro atoms. The second-order valence-electron chi connectivity index (χ2n) is 10.8. The van der Waals surface area contributed by atoms with Crippen molar-refractivity contribution in [2.24, 2.45) is 4.99 Å². The number of carbonyl (C=O) groups excluding carboxylic acids is 2. The first-order valence-corrected chi connectivity index (χ1v) is 18.2. The monoisotopic (exact) mass is 891 g/mol. The Hall–Kier alpha value is -4.55. The number of methoxy groups -OCH3 is 1. The quantitative estimate of drug-likeness (QED) is 0.0716. The minimum Gasteiger partial charge on any atom is -0.490 e. The maximum absolute atomic E-state index is 14.4. The molecule has 16 heteroatoms. The lowest BCUT2D eigenvalue weighted by atomic mass is 9.95. The molecule has 0 saturated carbocycles. The number of benzene rings is 3. The van der Waals surface area contributed by atoms with E-state index < -0.39 is 28.5 Å². The molecule has 1 aromatic heterocycles. The molecule has 51 heavy (non-hydrogen) atoms. The van der Waals surface area contributed by atoms with Crippen molar-refractivity contribution >= 4 is 73.6 Å². The average Bonchev–Trinajstić information content (AvgIpc) is 3.40. The minimum absolute atomic E-state index is 0.0235. The maximum atomic E-state index is 14.4. The van der Waals surface area contributed by atoms with E-state index in [1.807, 2.05) is 12.1 Å². The lowest BCUT2D eigenvalue weighted by Crippen LogP contribution is -2.40. The second kappa shape index (κ2) is 16.6. The minimum atomic E-state index is -0.934. The fourth-order valence-electron chi connectivity index (χ4n) is 5.24. The smallest absolute Gasteiger partial charge is 0.343 e. The van der Waals surface area contributed by atoms with Gasteiger partial charge in [-0.15, -0.1) is 0 Å². The van der Waals surface area contributed by atoms with Crippen molar-refractivity contribution < 1.29 is 38.2 Å². The molecule has 0 unspecified atom stereocenters. The summed E-state index contributed by atoms with van der Waals surface area (Å²) in [5.41, 5.74) is 2.00. The van der Waals surface area contributed by atoms with Gasteiger partial charge >= 0.3 is 11.9 Å². The van der Waals surface area contributed by atoms with Crippen LogP contribution in [0.1, 0.15) is 43.5 Å². The number of non-ortho nitro benzene ring substituents is 1. The highest BCUT2D eigenvalue weighted by Crippen LogP contribution is 2.37. The first-order chi connectivity index (χ1) is 24.4. The number of aromatic nitrogens is 1. The normalized spacial score (nSPS) is 14.0. The highest BCUT2D eigenvalue weighted by molar-refractivity contribution is 14.1. The van der Waals surface area contributed by atoms with Crippen molar-refractivity contribution in [1.29, 1.82) is 0 Å². The molecule has 0 fully saturated rings. The third kappa shape index (κ3) is 8.50. The van der Waals surface area contributed by atoms with Gasteiger partial charge in [0.25, 0.3) is 11.2 Å². The molecule has 3 aromatic carbocycles. The van der Waals surface area contributed by atoms with Crippen LogP contribution < -0.4 is 29.1 Å². The third-order valence-electron chi connectivity index (χ3n) is 7.53.